The van der Waals surface area contributed by atoms with Gasteiger partial charge >= 0.3 is 0 Å². The van der Waals surface area contributed by atoms with Gasteiger partial charge in [0.25, 0.3) is 0 Å². The first-order valence-electron chi connectivity index (χ1n) is 9.55. The first-order chi connectivity index (χ1) is 11.6. The van der Waals surface area contributed by atoms with Crippen molar-refractivity contribution in [3.05, 3.63) is 76.7 Å². The molecular weight excluding hydrogens is 288 g/mol. The maximum absolute atomic E-state index is 2.42. The monoisotopic (exact) mass is 315 g/mol. The van der Waals surface area contributed by atoms with Crippen LogP contribution in [-0.4, -0.2) is 0 Å². The molecule has 4 fully saturated rings. The fraction of sp³-hybridized carbons (Fsp3) is 0.458. The SMILES string of the molecule is Cc1ccc(C23C[C]4CC(C2)CC(c2ccc(C)cc2)(C4)C3)cc1. The van der Waals surface area contributed by atoms with Gasteiger partial charge in [-0.1, -0.05) is 59.7 Å². The third kappa shape index (κ3) is 2.11. The second-order valence-electron chi connectivity index (χ2n) is 9.05. The Balaban J connectivity index is 1.59. The van der Waals surface area contributed by atoms with Crippen molar-refractivity contribution in [3.63, 3.8) is 0 Å². The molecule has 0 N–H and O–H groups in total. The van der Waals surface area contributed by atoms with Crippen LogP contribution in [0.25, 0.3) is 0 Å². The Morgan fingerprint density at radius 1 is 0.708 bits per heavy atom. The number of hydrogen-bond acceptors (Lipinski definition) is 0. The molecule has 4 saturated carbocycles. The Hall–Kier alpha value is -1.56. The molecule has 6 rings (SSSR count). The molecule has 0 saturated heterocycles. The summed E-state index contributed by atoms with van der Waals surface area (Å²) in [5.74, 6) is 2.75. The molecule has 0 heterocycles. The van der Waals surface area contributed by atoms with Gasteiger partial charge in [-0.25, -0.2) is 0 Å². The van der Waals surface area contributed by atoms with E-state index in [4.69, 9.17) is 0 Å². The Bertz CT molecular complexity index is 672. The zero-order chi connectivity index (χ0) is 16.4. The lowest BCUT2D eigenvalue weighted by Gasteiger charge is -2.62. The highest BCUT2D eigenvalue weighted by molar-refractivity contribution is 5.42. The second-order valence-corrected chi connectivity index (χ2v) is 9.05. The minimum absolute atomic E-state index is 0.410. The van der Waals surface area contributed by atoms with Gasteiger partial charge in [-0.05, 0) is 86.2 Å². The van der Waals surface area contributed by atoms with Gasteiger partial charge in [0.05, 0.1) is 0 Å². The molecule has 0 amide bonds. The molecule has 24 heavy (non-hydrogen) atoms. The topological polar surface area (TPSA) is 0 Å². The van der Waals surface area contributed by atoms with E-state index >= 15 is 0 Å². The van der Waals surface area contributed by atoms with Gasteiger partial charge < -0.3 is 0 Å². The normalized spacial score (nSPS) is 34.7. The molecule has 2 atom stereocenters. The van der Waals surface area contributed by atoms with Crippen molar-refractivity contribution in [3.8, 4) is 0 Å². The molecule has 4 bridgehead atoms. The zero-order valence-electron chi connectivity index (χ0n) is 14.9. The van der Waals surface area contributed by atoms with E-state index in [0.29, 0.717) is 10.8 Å². The molecule has 2 unspecified atom stereocenters. The van der Waals surface area contributed by atoms with Crippen LogP contribution in [0, 0.1) is 25.7 Å². The lowest BCUT2D eigenvalue weighted by atomic mass is 9.41. The summed E-state index contributed by atoms with van der Waals surface area (Å²) < 4.78 is 0. The minimum Gasteiger partial charge on any atom is -0.0590 e. The summed E-state index contributed by atoms with van der Waals surface area (Å²) in [7, 11) is 0. The largest absolute Gasteiger partial charge is 0.0590 e. The average Bonchev–Trinajstić information content (AvgIpc) is 2.54. The maximum atomic E-state index is 2.42. The average molecular weight is 315 g/mol. The van der Waals surface area contributed by atoms with Crippen molar-refractivity contribution < 1.29 is 0 Å². The fourth-order valence-electron chi connectivity index (χ4n) is 6.41. The smallest absolute Gasteiger partial charge is 0.00304 e. The number of hydrogen-bond donors (Lipinski definition) is 0. The van der Waals surface area contributed by atoms with Crippen LogP contribution in [0.1, 0.15) is 60.8 Å². The molecule has 0 aromatic heterocycles. The first-order valence-corrected chi connectivity index (χ1v) is 9.55. The third-order valence-corrected chi connectivity index (χ3v) is 7.12. The molecule has 0 aliphatic heterocycles. The molecule has 123 valence electrons. The third-order valence-electron chi connectivity index (χ3n) is 7.12. The standard InChI is InChI=1S/C24H27/c1-17-3-7-21(8-4-17)23-12-19-11-20(13-23)15-24(14-19,16-23)22-9-5-18(2)6-10-22/h3-10,19H,11-16H2,1-2H3. The van der Waals surface area contributed by atoms with Gasteiger partial charge in [0.2, 0.25) is 0 Å². The molecule has 0 heteroatoms. The van der Waals surface area contributed by atoms with Crippen LogP contribution >= 0.6 is 0 Å². The summed E-state index contributed by atoms with van der Waals surface area (Å²) in [4.78, 5) is 0. The van der Waals surface area contributed by atoms with E-state index in [1.54, 1.807) is 11.1 Å². The Labute approximate surface area is 146 Å². The van der Waals surface area contributed by atoms with Gasteiger partial charge in [0.1, 0.15) is 0 Å². The zero-order valence-corrected chi connectivity index (χ0v) is 14.9. The maximum Gasteiger partial charge on any atom is -0.00304 e. The number of aryl methyl sites for hydroxylation is 2. The highest BCUT2D eigenvalue weighted by Crippen LogP contribution is 2.66. The summed E-state index contributed by atoms with van der Waals surface area (Å²) in [6, 6.07) is 19.0. The summed E-state index contributed by atoms with van der Waals surface area (Å²) in [5, 5.41) is 0. The Morgan fingerprint density at radius 2 is 1.17 bits per heavy atom. The van der Waals surface area contributed by atoms with Crippen molar-refractivity contribution >= 4 is 0 Å². The van der Waals surface area contributed by atoms with Crippen molar-refractivity contribution in [1.82, 2.24) is 0 Å². The van der Waals surface area contributed by atoms with Gasteiger partial charge in [-0.15, -0.1) is 0 Å². The van der Waals surface area contributed by atoms with Crippen molar-refractivity contribution in [1.29, 1.82) is 0 Å². The Morgan fingerprint density at radius 3 is 1.58 bits per heavy atom. The molecule has 4 aliphatic rings. The van der Waals surface area contributed by atoms with Gasteiger partial charge in [0, 0.05) is 0 Å². The van der Waals surface area contributed by atoms with E-state index < -0.39 is 0 Å². The minimum atomic E-state index is 0.410. The quantitative estimate of drug-likeness (QED) is 0.632. The van der Waals surface area contributed by atoms with E-state index in [-0.39, 0.29) is 0 Å². The molecule has 0 nitrogen and oxygen atoms in total. The van der Waals surface area contributed by atoms with Gasteiger partial charge in [0.15, 0.2) is 0 Å². The van der Waals surface area contributed by atoms with Crippen LogP contribution in [0.3, 0.4) is 0 Å². The van der Waals surface area contributed by atoms with E-state index in [9.17, 15) is 0 Å². The van der Waals surface area contributed by atoms with Crippen molar-refractivity contribution in [2.75, 3.05) is 0 Å². The molecule has 0 spiro atoms. The number of benzene rings is 2. The molecular formula is C24H27. The van der Waals surface area contributed by atoms with E-state index in [1.165, 1.54) is 49.7 Å². The highest BCUT2D eigenvalue weighted by atomic mass is 14.6. The lowest BCUT2D eigenvalue weighted by molar-refractivity contribution is 0.0350. The summed E-state index contributed by atoms with van der Waals surface area (Å²) in [5.41, 5.74) is 6.78. The van der Waals surface area contributed by atoms with Crippen LogP contribution in [0.5, 0.6) is 0 Å². The molecule has 1 radical (unpaired) electrons. The summed E-state index contributed by atoms with van der Waals surface area (Å²) in [6.45, 7) is 4.40. The summed E-state index contributed by atoms with van der Waals surface area (Å²) in [6.07, 6.45) is 8.27. The van der Waals surface area contributed by atoms with E-state index in [1.807, 2.05) is 5.92 Å². The predicted molar refractivity (Wildman–Crippen MR) is 100 cm³/mol. The van der Waals surface area contributed by atoms with Crippen LogP contribution in [0.15, 0.2) is 48.5 Å². The molecule has 2 aromatic rings. The van der Waals surface area contributed by atoms with E-state index in [0.717, 1.165) is 5.92 Å². The lowest BCUT2D eigenvalue weighted by Crippen LogP contribution is -2.55. The number of rotatable bonds is 2. The molecule has 2 aromatic carbocycles. The van der Waals surface area contributed by atoms with Crippen LogP contribution in [0.4, 0.5) is 0 Å². The van der Waals surface area contributed by atoms with Crippen molar-refractivity contribution in [2.24, 2.45) is 5.92 Å². The van der Waals surface area contributed by atoms with Gasteiger partial charge in [-0.3, -0.25) is 0 Å². The summed E-state index contributed by atoms with van der Waals surface area (Å²) >= 11 is 0. The highest BCUT2D eigenvalue weighted by Gasteiger charge is 2.58. The Kier molecular flexibility index (Phi) is 3.06. The molecule has 4 aliphatic carbocycles. The van der Waals surface area contributed by atoms with Gasteiger partial charge in [-0.2, -0.15) is 0 Å². The first kappa shape index (κ1) is 14.8. The van der Waals surface area contributed by atoms with Crippen LogP contribution in [-0.2, 0) is 10.8 Å². The fourth-order valence-corrected chi connectivity index (χ4v) is 6.41. The van der Waals surface area contributed by atoms with Crippen LogP contribution in [0.2, 0.25) is 0 Å². The van der Waals surface area contributed by atoms with E-state index in [2.05, 4.69) is 62.4 Å². The second kappa shape index (κ2) is 4.97. The van der Waals surface area contributed by atoms with Crippen LogP contribution < -0.4 is 0 Å². The predicted octanol–water partition coefficient (Wildman–Crippen LogP) is 6.05. The van der Waals surface area contributed by atoms with Crippen molar-refractivity contribution in [2.45, 2.75) is 63.2 Å².